The van der Waals surface area contributed by atoms with Gasteiger partial charge in [-0.2, -0.15) is 4.98 Å². The molecule has 1 aliphatic heterocycles. The molecule has 2 N–H and O–H groups in total. The van der Waals surface area contributed by atoms with E-state index >= 15 is 0 Å². The summed E-state index contributed by atoms with van der Waals surface area (Å²) in [6.07, 6.45) is 1.07. The lowest BCUT2D eigenvalue weighted by molar-refractivity contribution is 0.0989. The standard InChI is InChI=1S/C19H24N6O3/c1-4-21-18-22-11-15-16(23-18)24(3)8-9-25(17(15)26)14-7-5-6-13(10-14)12-28-19(27)20-2/h5-7,10-11H,4,8-9,12H2,1-3H3,(H,20,27)(H,21,22,23). The van der Waals surface area contributed by atoms with Crippen LogP contribution < -0.4 is 20.4 Å². The van der Waals surface area contributed by atoms with Crippen molar-refractivity contribution in [1.29, 1.82) is 0 Å². The predicted octanol–water partition coefficient (Wildman–Crippen LogP) is 1.86. The largest absolute Gasteiger partial charge is 0.445 e. The van der Waals surface area contributed by atoms with Crippen LogP contribution in [-0.4, -0.2) is 55.7 Å². The van der Waals surface area contributed by atoms with Gasteiger partial charge in [0.15, 0.2) is 0 Å². The zero-order chi connectivity index (χ0) is 20.1. The molecule has 0 atom stereocenters. The zero-order valence-corrected chi connectivity index (χ0v) is 16.2. The normalized spacial score (nSPS) is 13.6. The van der Waals surface area contributed by atoms with E-state index in [-0.39, 0.29) is 12.5 Å². The number of nitrogens with zero attached hydrogens (tertiary/aromatic N) is 4. The van der Waals surface area contributed by atoms with Crippen LogP contribution in [0.5, 0.6) is 0 Å². The number of anilines is 3. The predicted molar refractivity (Wildman–Crippen MR) is 107 cm³/mol. The maximum atomic E-state index is 13.2. The van der Waals surface area contributed by atoms with E-state index in [2.05, 4.69) is 20.6 Å². The lowest BCUT2D eigenvalue weighted by atomic mass is 10.1. The fourth-order valence-corrected chi connectivity index (χ4v) is 2.94. The van der Waals surface area contributed by atoms with Gasteiger partial charge in [0, 0.05) is 45.6 Å². The van der Waals surface area contributed by atoms with Crippen LogP contribution in [0, 0.1) is 0 Å². The van der Waals surface area contributed by atoms with Crippen LogP contribution in [0.1, 0.15) is 22.8 Å². The first-order valence-corrected chi connectivity index (χ1v) is 9.10. The number of hydrogen-bond donors (Lipinski definition) is 2. The van der Waals surface area contributed by atoms with Crippen molar-refractivity contribution in [3.63, 3.8) is 0 Å². The molecule has 9 nitrogen and oxygen atoms in total. The Labute approximate surface area is 163 Å². The molecule has 2 heterocycles. The summed E-state index contributed by atoms with van der Waals surface area (Å²) < 4.78 is 5.09. The van der Waals surface area contributed by atoms with E-state index in [1.165, 1.54) is 7.05 Å². The number of ether oxygens (including phenoxy) is 1. The summed E-state index contributed by atoms with van der Waals surface area (Å²) in [6, 6.07) is 7.39. The van der Waals surface area contributed by atoms with Gasteiger partial charge in [-0.15, -0.1) is 0 Å². The number of rotatable bonds is 5. The molecular formula is C19H24N6O3. The van der Waals surface area contributed by atoms with Gasteiger partial charge in [0.1, 0.15) is 18.0 Å². The molecule has 0 fully saturated rings. The number of amides is 2. The summed E-state index contributed by atoms with van der Waals surface area (Å²) in [6.45, 7) is 3.92. The number of carbonyl (C=O) groups is 2. The second-order valence-electron chi connectivity index (χ2n) is 6.34. The van der Waals surface area contributed by atoms with Crippen LogP contribution in [0.2, 0.25) is 0 Å². The maximum absolute atomic E-state index is 13.2. The van der Waals surface area contributed by atoms with Gasteiger partial charge in [-0.3, -0.25) is 4.79 Å². The Balaban J connectivity index is 1.87. The molecule has 28 heavy (non-hydrogen) atoms. The number of benzene rings is 1. The van der Waals surface area contributed by atoms with Crippen LogP contribution in [0.4, 0.5) is 22.2 Å². The fraction of sp³-hybridized carbons (Fsp3) is 0.368. The molecule has 0 unspecified atom stereocenters. The van der Waals surface area contributed by atoms with Crippen LogP contribution in [-0.2, 0) is 11.3 Å². The average molecular weight is 384 g/mol. The second kappa shape index (κ2) is 8.55. The molecule has 0 saturated heterocycles. The molecule has 0 radical (unpaired) electrons. The highest BCUT2D eigenvalue weighted by Gasteiger charge is 2.28. The van der Waals surface area contributed by atoms with Crippen molar-refractivity contribution in [3.8, 4) is 0 Å². The van der Waals surface area contributed by atoms with Gasteiger partial charge in [0.05, 0.1) is 0 Å². The van der Waals surface area contributed by atoms with Gasteiger partial charge >= 0.3 is 6.09 Å². The highest BCUT2D eigenvalue weighted by atomic mass is 16.5. The lowest BCUT2D eigenvalue weighted by Gasteiger charge is -2.21. The molecule has 148 valence electrons. The minimum absolute atomic E-state index is 0.126. The Morgan fingerprint density at radius 3 is 2.89 bits per heavy atom. The molecule has 1 aromatic heterocycles. The Morgan fingerprint density at radius 2 is 2.14 bits per heavy atom. The molecular weight excluding hydrogens is 360 g/mol. The molecule has 3 rings (SSSR count). The number of likely N-dealkylation sites (N-methyl/N-ethyl adjacent to an activating group) is 1. The number of hydrogen-bond acceptors (Lipinski definition) is 7. The topological polar surface area (TPSA) is 99.7 Å². The van der Waals surface area contributed by atoms with Crippen molar-refractivity contribution < 1.29 is 14.3 Å². The second-order valence-corrected chi connectivity index (χ2v) is 6.34. The smallest absolute Gasteiger partial charge is 0.407 e. The van der Waals surface area contributed by atoms with Crippen molar-refractivity contribution >= 4 is 29.5 Å². The van der Waals surface area contributed by atoms with Gasteiger partial charge in [-0.1, -0.05) is 12.1 Å². The van der Waals surface area contributed by atoms with E-state index in [1.807, 2.05) is 43.1 Å². The van der Waals surface area contributed by atoms with Crippen molar-refractivity contribution in [1.82, 2.24) is 15.3 Å². The van der Waals surface area contributed by atoms with E-state index in [9.17, 15) is 9.59 Å². The van der Waals surface area contributed by atoms with E-state index in [1.54, 1.807) is 11.1 Å². The van der Waals surface area contributed by atoms with Gasteiger partial charge in [0.25, 0.3) is 5.91 Å². The summed E-state index contributed by atoms with van der Waals surface area (Å²) in [5.74, 6) is 0.951. The third kappa shape index (κ3) is 4.13. The fourth-order valence-electron chi connectivity index (χ4n) is 2.94. The molecule has 1 aromatic carbocycles. The molecule has 1 aliphatic rings. The first kappa shape index (κ1) is 19.4. The van der Waals surface area contributed by atoms with Gasteiger partial charge < -0.3 is 25.2 Å². The number of alkyl carbamates (subject to hydrolysis) is 1. The van der Waals surface area contributed by atoms with Crippen LogP contribution in [0.15, 0.2) is 30.5 Å². The van der Waals surface area contributed by atoms with Gasteiger partial charge in [0.2, 0.25) is 5.95 Å². The van der Waals surface area contributed by atoms with Crippen LogP contribution in [0.3, 0.4) is 0 Å². The Kier molecular flexibility index (Phi) is 5.93. The van der Waals surface area contributed by atoms with E-state index < -0.39 is 6.09 Å². The summed E-state index contributed by atoms with van der Waals surface area (Å²) in [5, 5.41) is 5.48. The third-order valence-electron chi connectivity index (χ3n) is 4.40. The van der Waals surface area contributed by atoms with E-state index in [4.69, 9.17) is 4.74 Å². The molecule has 0 spiro atoms. The van der Waals surface area contributed by atoms with Gasteiger partial charge in [-0.25, -0.2) is 9.78 Å². The molecule has 0 saturated carbocycles. The minimum Gasteiger partial charge on any atom is -0.445 e. The Hall–Kier alpha value is -3.36. The molecule has 0 bridgehead atoms. The maximum Gasteiger partial charge on any atom is 0.407 e. The monoisotopic (exact) mass is 384 g/mol. The van der Waals surface area contributed by atoms with Crippen LogP contribution >= 0.6 is 0 Å². The quantitative estimate of drug-likeness (QED) is 0.812. The number of nitrogens with one attached hydrogen (secondary N) is 2. The average Bonchev–Trinajstić information content (AvgIpc) is 2.83. The van der Waals surface area contributed by atoms with Crippen molar-refractivity contribution in [2.24, 2.45) is 0 Å². The van der Waals surface area contributed by atoms with Crippen molar-refractivity contribution in [2.75, 3.05) is 48.8 Å². The van der Waals surface area contributed by atoms with E-state index in [0.717, 1.165) is 11.3 Å². The SMILES string of the molecule is CCNc1ncc2c(n1)N(C)CCN(c1cccc(COC(=O)NC)c1)C2=O. The highest BCUT2D eigenvalue weighted by molar-refractivity contribution is 6.09. The minimum atomic E-state index is -0.500. The summed E-state index contributed by atoms with van der Waals surface area (Å²) in [7, 11) is 3.41. The van der Waals surface area contributed by atoms with Crippen molar-refractivity contribution in [3.05, 3.63) is 41.6 Å². The summed E-state index contributed by atoms with van der Waals surface area (Å²) in [5.41, 5.74) is 1.99. The van der Waals surface area contributed by atoms with E-state index in [0.29, 0.717) is 37.0 Å². The number of fused-ring (bicyclic) bond motifs is 1. The number of aromatic nitrogens is 2. The van der Waals surface area contributed by atoms with Gasteiger partial charge in [-0.05, 0) is 24.6 Å². The first-order valence-electron chi connectivity index (χ1n) is 9.10. The number of carbonyl (C=O) groups excluding carboxylic acids is 2. The molecule has 9 heteroatoms. The lowest BCUT2D eigenvalue weighted by Crippen LogP contribution is -2.33. The molecule has 2 aromatic rings. The zero-order valence-electron chi connectivity index (χ0n) is 16.2. The third-order valence-corrected chi connectivity index (χ3v) is 4.40. The Morgan fingerprint density at radius 1 is 1.32 bits per heavy atom. The molecule has 2 amide bonds. The van der Waals surface area contributed by atoms with Crippen molar-refractivity contribution in [2.45, 2.75) is 13.5 Å². The first-order chi connectivity index (χ1) is 13.5. The molecule has 0 aliphatic carbocycles. The highest BCUT2D eigenvalue weighted by Crippen LogP contribution is 2.26. The summed E-state index contributed by atoms with van der Waals surface area (Å²) in [4.78, 5) is 36.9. The Bertz CT molecular complexity index is 872. The van der Waals surface area contributed by atoms with Crippen LogP contribution in [0.25, 0.3) is 0 Å². The summed E-state index contributed by atoms with van der Waals surface area (Å²) >= 11 is 0.